The first kappa shape index (κ1) is 14.6. The van der Waals surface area contributed by atoms with Crippen LogP contribution in [0.4, 0.5) is 0 Å². The molecule has 0 aliphatic heterocycles. The maximum absolute atomic E-state index is 6.00. The van der Waals surface area contributed by atoms with Crippen LogP contribution in [0.25, 0.3) is 11.0 Å². The highest BCUT2D eigenvalue weighted by molar-refractivity contribution is 5.82. The van der Waals surface area contributed by atoms with Gasteiger partial charge >= 0.3 is 0 Å². The molecule has 20 heavy (non-hydrogen) atoms. The van der Waals surface area contributed by atoms with E-state index in [2.05, 4.69) is 36.1 Å². The summed E-state index contributed by atoms with van der Waals surface area (Å²) in [5.41, 5.74) is 2.18. The molecule has 0 bridgehead atoms. The molecule has 0 atom stereocenters. The zero-order valence-corrected chi connectivity index (χ0v) is 12.4. The van der Waals surface area contributed by atoms with E-state index in [0.29, 0.717) is 12.6 Å². The number of nitrogens with zero attached hydrogens (tertiary/aromatic N) is 1. The Hall–Kier alpha value is -1.76. The number of rotatable bonds is 6. The number of nitrogens with one attached hydrogen (secondary N) is 1. The molecule has 0 radical (unpaired) electrons. The second-order valence-corrected chi connectivity index (χ2v) is 5.41. The molecule has 2 aromatic rings. The van der Waals surface area contributed by atoms with Gasteiger partial charge in [0.1, 0.15) is 11.3 Å². The smallest absolute Gasteiger partial charge is 0.134 e. The van der Waals surface area contributed by atoms with E-state index >= 15 is 0 Å². The fourth-order valence-electron chi connectivity index (χ4n) is 2.23. The largest absolute Gasteiger partial charge is 0.459 e. The van der Waals surface area contributed by atoms with Crippen molar-refractivity contribution in [3.05, 3.63) is 35.6 Å². The number of terminal acetylenes is 1. The Morgan fingerprint density at radius 2 is 2.10 bits per heavy atom. The molecule has 0 amide bonds. The Labute approximate surface area is 121 Å². The lowest BCUT2D eigenvalue weighted by Crippen LogP contribution is -2.23. The van der Waals surface area contributed by atoms with E-state index in [1.165, 1.54) is 10.9 Å². The van der Waals surface area contributed by atoms with Gasteiger partial charge in [0.15, 0.2) is 0 Å². The lowest BCUT2D eigenvalue weighted by molar-refractivity contribution is 0.329. The minimum Gasteiger partial charge on any atom is -0.459 e. The van der Waals surface area contributed by atoms with E-state index in [0.717, 1.165) is 24.4 Å². The van der Waals surface area contributed by atoms with Crippen LogP contribution in [0, 0.1) is 12.3 Å². The van der Waals surface area contributed by atoms with Crippen LogP contribution in [0.5, 0.6) is 0 Å². The van der Waals surface area contributed by atoms with E-state index in [1.54, 1.807) is 0 Å². The lowest BCUT2D eigenvalue weighted by Gasteiger charge is -2.13. The Bertz CT molecular complexity index is 607. The van der Waals surface area contributed by atoms with Gasteiger partial charge in [0.2, 0.25) is 0 Å². The maximum atomic E-state index is 6.00. The van der Waals surface area contributed by atoms with Crippen molar-refractivity contribution in [1.29, 1.82) is 0 Å². The molecule has 0 aliphatic rings. The normalized spacial score (nSPS) is 11.4. The molecular weight excluding hydrogens is 248 g/mol. The lowest BCUT2D eigenvalue weighted by atomic mass is 10.1. The average Bonchev–Trinajstić information content (AvgIpc) is 2.73. The van der Waals surface area contributed by atoms with Gasteiger partial charge in [-0.15, -0.1) is 6.42 Å². The molecule has 3 heteroatoms. The summed E-state index contributed by atoms with van der Waals surface area (Å²) >= 11 is 0. The SMILES string of the molecule is C#CCN(C)Cc1oc2ccccc2c1CNC(C)C. The topological polar surface area (TPSA) is 28.4 Å². The summed E-state index contributed by atoms with van der Waals surface area (Å²) in [6.07, 6.45) is 5.36. The summed E-state index contributed by atoms with van der Waals surface area (Å²) < 4.78 is 6.00. The first-order chi connectivity index (χ1) is 9.61. The summed E-state index contributed by atoms with van der Waals surface area (Å²) in [6.45, 7) is 6.45. The minimum atomic E-state index is 0.444. The van der Waals surface area contributed by atoms with Crippen LogP contribution in [0.1, 0.15) is 25.2 Å². The molecule has 1 aromatic carbocycles. The van der Waals surface area contributed by atoms with Crippen LogP contribution in [-0.4, -0.2) is 24.5 Å². The van der Waals surface area contributed by atoms with E-state index in [1.807, 2.05) is 25.2 Å². The van der Waals surface area contributed by atoms with Gasteiger partial charge in [0, 0.05) is 23.5 Å². The van der Waals surface area contributed by atoms with Crippen molar-refractivity contribution in [2.24, 2.45) is 0 Å². The van der Waals surface area contributed by atoms with Crippen LogP contribution in [0.3, 0.4) is 0 Å². The fraction of sp³-hybridized carbons (Fsp3) is 0.412. The van der Waals surface area contributed by atoms with Gasteiger partial charge in [0.25, 0.3) is 0 Å². The second-order valence-electron chi connectivity index (χ2n) is 5.41. The molecule has 0 saturated heterocycles. The van der Waals surface area contributed by atoms with E-state index in [4.69, 9.17) is 10.8 Å². The van der Waals surface area contributed by atoms with Crippen molar-refractivity contribution in [1.82, 2.24) is 10.2 Å². The van der Waals surface area contributed by atoms with Gasteiger partial charge < -0.3 is 9.73 Å². The second kappa shape index (κ2) is 6.60. The third-order valence-corrected chi connectivity index (χ3v) is 3.24. The van der Waals surface area contributed by atoms with Gasteiger partial charge in [-0.2, -0.15) is 0 Å². The molecule has 0 spiro atoms. The van der Waals surface area contributed by atoms with Gasteiger partial charge in [-0.25, -0.2) is 0 Å². The maximum Gasteiger partial charge on any atom is 0.134 e. The van der Waals surface area contributed by atoms with E-state index < -0.39 is 0 Å². The average molecular weight is 270 g/mol. The third-order valence-electron chi connectivity index (χ3n) is 3.24. The van der Waals surface area contributed by atoms with Crippen LogP contribution in [0.15, 0.2) is 28.7 Å². The van der Waals surface area contributed by atoms with Crippen LogP contribution in [-0.2, 0) is 13.1 Å². The Kier molecular flexibility index (Phi) is 4.84. The number of para-hydroxylation sites is 1. The van der Waals surface area contributed by atoms with E-state index in [-0.39, 0.29) is 0 Å². The van der Waals surface area contributed by atoms with Gasteiger partial charge in [0.05, 0.1) is 13.1 Å². The molecule has 1 heterocycles. The number of fused-ring (bicyclic) bond motifs is 1. The zero-order chi connectivity index (χ0) is 14.5. The Morgan fingerprint density at radius 3 is 2.80 bits per heavy atom. The highest BCUT2D eigenvalue weighted by atomic mass is 16.3. The van der Waals surface area contributed by atoms with Crippen molar-refractivity contribution in [2.45, 2.75) is 33.0 Å². The highest BCUT2D eigenvalue weighted by Gasteiger charge is 2.15. The van der Waals surface area contributed by atoms with Crippen LogP contribution >= 0.6 is 0 Å². The molecule has 0 fully saturated rings. The highest BCUT2D eigenvalue weighted by Crippen LogP contribution is 2.26. The quantitative estimate of drug-likeness (QED) is 0.818. The van der Waals surface area contributed by atoms with Crippen LogP contribution in [0.2, 0.25) is 0 Å². The number of hydrogen-bond donors (Lipinski definition) is 1. The number of hydrogen-bond acceptors (Lipinski definition) is 3. The standard InChI is InChI=1S/C17H22N2O/c1-5-10-19(4)12-17-15(11-18-13(2)3)14-8-6-7-9-16(14)20-17/h1,6-9,13,18H,10-12H2,2-4H3. The Morgan fingerprint density at radius 1 is 1.35 bits per heavy atom. The van der Waals surface area contributed by atoms with Crippen molar-refractivity contribution in [2.75, 3.05) is 13.6 Å². The summed E-state index contributed by atoms with van der Waals surface area (Å²) in [4.78, 5) is 2.08. The Balaban J connectivity index is 2.31. The fourth-order valence-corrected chi connectivity index (χ4v) is 2.23. The van der Waals surface area contributed by atoms with Crippen molar-refractivity contribution < 1.29 is 4.42 Å². The predicted octanol–water partition coefficient (Wildman–Crippen LogP) is 3.00. The molecule has 1 aromatic heterocycles. The van der Waals surface area contributed by atoms with Gasteiger partial charge in [-0.1, -0.05) is 38.0 Å². The van der Waals surface area contributed by atoms with Crippen molar-refractivity contribution >= 4 is 11.0 Å². The number of benzene rings is 1. The molecule has 1 N–H and O–H groups in total. The first-order valence-corrected chi connectivity index (χ1v) is 6.96. The predicted molar refractivity (Wildman–Crippen MR) is 83.4 cm³/mol. The molecular formula is C17H22N2O. The molecule has 0 aliphatic carbocycles. The summed E-state index contributed by atoms with van der Waals surface area (Å²) in [6, 6.07) is 8.62. The van der Waals surface area contributed by atoms with Crippen LogP contribution < -0.4 is 5.32 Å². The molecule has 0 saturated carbocycles. The summed E-state index contributed by atoms with van der Waals surface area (Å²) in [5, 5.41) is 4.65. The summed E-state index contributed by atoms with van der Waals surface area (Å²) in [7, 11) is 2.01. The first-order valence-electron chi connectivity index (χ1n) is 6.96. The van der Waals surface area contributed by atoms with Gasteiger partial charge in [-0.3, -0.25) is 4.90 Å². The molecule has 2 rings (SSSR count). The number of furan rings is 1. The third kappa shape index (κ3) is 3.41. The zero-order valence-electron chi connectivity index (χ0n) is 12.4. The molecule has 0 unspecified atom stereocenters. The van der Waals surface area contributed by atoms with Crippen molar-refractivity contribution in [3.8, 4) is 12.3 Å². The van der Waals surface area contributed by atoms with Crippen molar-refractivity contribution in [3.63, 3.8) is 0 Å². The summed E-state index contributed by atoms with van der Waals surface area (Å²) in [5.74, 6) is 3.66. The van der Waals surface area contributed by atoms with E-state index in [9.17, 15) is 0 Å². The molecule has 106 valence electrons. The minimum absolute atomic E-state index is 0.444. The monoisotopic (exact) mass is 270 g/mol. The molecule has 3 nitrogen and oxygen atoms in total. The van der Waals surface area contributed by atoms with Gasteiger partial charge in [-0.05, 0) is 13.1 Å².